The lowest BCUT2D eigenvalue weighted by molar-refractivity contribution is -0.142. The third-order valence-electron chi connectivity index (χ3n) is 10.4. The monoisotopic (exact) mass is 816 g/mol. The normalized spacial score (nSPS) is 30.1. The molecular formula is C37H52N8O11S. The van der Waals surface area contributed by atoms with E-state index in [1.165, 1.54) is 27.7 Å². The van der Waals surface area contributed by atoms with Crippen LogP contribution in [0.4, 0.5) is 0 Å². The summed E-state index contributed by atoms with van der Waals surface area (Å²) < 4.78 is 1.94. The molecule has 1 aromatic heterocycles. The van der Waals surface area contributed by atoms with Crippen LogP contribution < -0.4 is 31.9 Å². The number of thioether (sulfide) groups is 1. The quantitative estimate of drug-likeness (QED) is 0.143. The number of nitrogens with one attached hydrogen (secondary N) is 6. The summed E-state index contributed by atoms with van der Waals surface area (Å²) >= 11 is 1.15. The number of aryl methyl sites for hydroxylation is 1. The van der Waals surface area contributed by atoms with Crippen molar-refractivity contribution in [3.8, 4) is 0 Å². The van der Waals surface area contributed by atoms with E-state index in [1.807, 2.05) is 29.7 Å². The Morgan fingerprint density at radius 3 is 2.14 bits per heavy atom. The minimum Gasteiger partial charge on any atom is -0.393 e. The van der Waals surface area contributed by atoms with E-state index in [0.29, 0.717) is 22.5 Å². The zero-order valence-electron chi connectivity index (χ0n) is 32.4. The van der Waals surface area contributed by atoms with Gasteiger partial charge in [0, 0.05) is 49.0 Å². The molecule has 312 valence electrons. The average molecular weight is 817 g/mol. The summed E-state index contributed by atoms with van der Waals surface area (Å²) in [5, 5.41) is 58.7. The van der Waals surface area contributed by atoms with Gasteiger partial charge in [0.25, 0.3) is 0 Å². The number of aromatic nitrogens is 1. The average Bonchev–Trinajstić information content (AvgIpc) is 3.70. The second kappa shape index (κ2) is 17.8. The Labute approximate surface area is 333 Å². The number of aliphatic hydroxyl groups is 4. The van der Waals surface area contributed by atoms with Crippen LogP contribution in [0.15, 0.2) is 29.3 Å². The molecule has 3 aliphatic rings. The molecule has 2 aromatic rings. The van der Waals surface area contributed by atoms with Crippen LogP contribution in [0.5, 0.6) is 0 Å². The molecule has 1 fully saturated rings. The fourth-order valence-corrected chi connectivity index (χ4v) is 8.57. The first-order chi connectivity index (χ1) is 26.8. The van der Waals surface area contributed by atoms with Crippen LogP contribution in [-0.2, 0) is 46.5 Å². The molecule has 19 nitrogen and oxygen atoms in total. The number of carbonyl (C=O) groups is 7. The molecule has 1 aromatic carbocycles. The van der Waals surface area contributed by atoms with Crippen LogP contribution >= 0.6 is 11.8 Å². The number of para-hydroxylation sites is 1. The maximum atomic E-state index is 14.5. The summed E-state index contributed by atoms with van der Waals surface area (Å²) in [5.74, 6) is -6.18. The summed E-state index contributed by atoms with van der Waals surface area (Å²) in [6.45, 7) is 6.36. The van der Waals surface area contributed by atoms with E-state index in [9.17, 15) is 54.0 Å². The van der Waals surface area contributed by atoms with E-state index in [-0.39, 0.29) is 25.1 Å². The van der Waals surface area contributed by atoms with Crippen molar-refractivity contribution in [3.63, 3.8) is 0 Å². The van der Waals surface area contributed by atoms with Gasteiger partial charge in [0.05, 0.1) is 29.4 Å². The van der Waals surface area contributed by atoms with E-state index in [1.54, 1.807) is 6.07 Å². The molecule has 1 saturated heterocycles. The number of hydrogen-bond donors (Lipinski definition) is 10. The maximum absolute atomic E-state index is 14.5. The first kappa shape index (κ1) is 43.4. The highest BCUT2D eigenvalue weighted by Gasteiger charge is 2.44. The number of nitrogens with zero attached hydrogens (tertiary/aromatic N) is 2. The number of benzene rings is 1. The van der Waals surface area contributed by atoms with Crippen molar-refractivity contribution in [1.82, 2.24) is 41.4 Å². The highest BCUT2D eigenvalue weighted by molar-refractivity contribution is 7.99. The van der Waals surface area contributed by atoms with Gasteiger partial charge in [-0.15, -0.1) is 11.8 Å². The molecule has 0 radical (unpaired) electrons. The van der Waals surface area contributed by atoms with E-state index in [0.717, 1.165) is 22.2 Å². The van der Waals surface area contributed by atoms with Crippen LogP contribution in [0, 0.1) is 0 Å². The summed E-state index contributed by atoms with van der Waals surface area (Å²) in [7, 11) is 0. The Morgan fingerprint density at radius 1 is 0.860 bits per heavy atom. The molecule has 7 amide bonds. The van der Waals surface area contributed by atoms with Gasteiger partial charge in [-0.25, -0.2) is 0 Å². The van der Waals surface area contributed by atoms with Crippen molar-refractivity contribution in [3.05, 3.63) is 29.8 Å². The first-order valence-electron chi connectivity index (χ1n) is 18.9. The van der Waals surface area contributed by atoms with Crippen molar-refractivity contribution >= 4 is 64.0 Å². The van der Waals surface area contributed by atoms with Gasteiger partial charge in [0.15, 0.2) is 0 Å². The molecule has 10 N–H and O–H groups in total. The van der Waals surface area contributed by atoms with Gasteiger partial charge in [-0.3, -0.25) is 33.6 Å². The Bertz CT molecular complexity index is 1900. The van der Waals surface area contributed by atoms with E-state index in [4.69, 9.17) is 0 Å². The van der Waals surface area contributed by atoms with Gasteiger partial charge >= 0.3 is 0 Å². The predicted octanol–water partition coefficient (Wildman–Crippen LogP) is -3.25. The highest BCUT2D eigenvalue weighted by atomic mass is 32.2. The van der Waals surface area contributed by atoms with Gasteiger partial charge in [0.1, 0.15) is 42.3 Å². The fraction of sp³-hybridized carbons (Fsp3) is 0.595. The highest BCUT2D eigenvalue weighted by Crippen LogP contribution is 2.35. The van der Waals surface area contributed by atoms with Gasteiger partial charge in [-0.1, -0.05) is 18.2 Å². The SMILES string of the molecule is CCn1c2c(c3ccccc31)CC1NC(=O)C(C)NC(=O)C3CC(O)CN3C(=O)C(CS2)NC(=O)C(C(C)O)NC(=O)C(C)NC(=O)C(CC(C)(O)CO)NC1=O. The summed E-state index contributed by atoms with van der Waals surface area (Å²) in [6, 6.07) is -2.64. The molecule has 4 heterocycles. The van der Waals surface area contributed by atoms with E-state index in [2.05, 4.69) is 31.9 Å². The Hall–Kier alpha value is -4.76. The lowest BCUT2D eigenvalue weighted by Gasteiger charge is -2.31. The molecule has 20 heteroatoms. The molecular weight excluding hydrogens is 765 g/mol. The smallest absolute Gasteiger partial charge is 0.246 e. The Morgan fingerprint density at radius 2 is 1.49 bits per heavy atom. The Kier molecular flexibility index (Phi) is 13.5. The van der Waals surface area contributed by atoms with Gasteiger partial charge in [0.2, 0.25) is 41.4 Å². The van der Waals surface area contributed by atoms with E-state index >= 15 is 0 Å². The minimum atomic E-state index is -1.90. The van der Waals surface area contributed by atoms with Gasteiger partial charge in [-0.2, -0.15) is 0 Å². The first-order valence-corrected chi connectivity index (χ1v) is 19.9. The van der Waals surface area contributed by atoms with Crippen molar-refractivity contribution < 1.29 is 54.0 Å². The van der Waals surface area contributed by atoms with Crippen molar-refractivity contribution in [2.24, 2.45) is 0 Å². The van der Waals surface area contributed by atoms with Gasteiger partial charge < -0.3 is 61.8 Å². The summed E-state index contributed by atoms with van der Waals surface area (Å²) in [6.07, 6.45) is -3.51. The number of fused-ring (bicyclic) bond motifs is 5. The largest absolute Gasteiger partial charge is 0.393 e. The summed E-state index contributed by atoms with van der Waals surface area (Å²) in [4.78, 5) is 98.7. The molecule has 57 heavy (non-hydrogen) atoms. The fourth-order valence-electron chi connectivity index (χ4n) is 7.27. The van der Waals surface area contributed by atoms with Crippen molar-refractivity contribution in [2.45, 2.75) is 126 Å². The van der Waals surface area contributed by atoms with Crippen LogP contribution in [0.25, 0.3) is 10.9 Å². The zero-order valence-corrected chi connectivity index (χ0v) is 33.2. The minimum absolute atomic E-state index is 0.153. The lowest BCUT2D eigenvalue weighted by Crippen LogP contribution is -2.61. The van der Waals surface area contributed by atoms with E-state index < -0.39 is 114 Å². The molecule has 0 spiro atoms. The van der Waals surface area contributed by atoms with Crippen LogP contribution in [-0.4, -0.2) is 150 Å². The number of amides is 7. The zero-order chi connectivity index (χ0) is 41.9. The molecule has 0 saturated carbocycles. The second-order valence-corrected chi connectivity index (χ2v) is 16.2. The Balaban J connectivity index is 1.73. The van der Waals surface area contributed by atoms with Crippen LogP contribution in [0.1, 0.15) is 53.0 Å². The standard InChI is InChI=1S/C37H52N8O11S/c1-6-44-26-10-8-7-9-21(26)22-12-23-31(51)41-24(13-37(5,56)16-46)32(52)38-18(3)30(50)43-28(19(4)47)34(54)42-25(15-57-36(22)44)35(55)45-14-20(48)11-27(45)33(53)39-17(2)29(49)40-23/h7-10,17-20,23-25,27-28,46-48,56H,6,11-16H2,1-5H3,(H,38,52)(H,39,53)(H,40,49)(H,41,51)(H,42,54)(H,43,50). The second-order valence-electron chi connectivity index (χ2n) is 15.2. The predicted molar refractivity (Wildman–Crippen MR) is 205 cm³/mol. The molecule has 3 aliphatic heterocycles. The third-order valence-corrected chi connectivity index (χ3v) is 11.7. The number of hydrogen-bond acceptors (Lipinski definition) is 12. The number of carbonyl (C=O) groups excluding carboxylic acids is 7. The number of rotatable bonds is 5. The molecule has 0 aliphatic carbocycles. The van der Waals surface area contributed by atoms with Crippen LogP contribution in [0.2, 0.25) is 0 Å². The van der Waals surface area contributed by atoms with Crippen molar-refractivity contribution in [1.29, 1.82) is 0 Å². The number of aliphatic hydroxyl groups excluding tert-OH is 3. The maximum Gasteiger partial charge on any atom is 0.246 e. The molecule has 5 rings (SSSR count). The van der Waals surface area contributed by atoms with Crippen LogP contribution in [0.3, 0.4) is 0 Å². The van der Waals surface area contributed by atoms with Gasteiger partial charge in [-0.05, 0) is 46.2 Å². The molecule has 10 atom stereocenters. The third kappa shape index (κ3) is 9.69. The lowest BCUT2D eigenvalue weighted by atomic mass is 9.96. The topological polar surface area (TPSA) is 281 Å². The van der Waals surface area contributed by atoms with Crippen molar-refractivity contribution in [2.75, 3.05) is 18.9 Å². The summed E-state index contributed by atoms with van der Waals surface area (Å²) in [5.41, 5.74) is -0.568. The molecule has 10 unspecified atom stereocenters. The molecule has 2 bridgehead atoms.